The first kappa shape index (κ1) is 22.3. The van der Waals surface area contributed by atoms with Crippen LogP contribution in [0.15, 0.2) is 48.5 Å². The predicted octanol–water partition coefficient (Wildman–Crippen LogP) is 5.11. The number of carbonyl (C=O) groups excluding carboxylic acids is 1. The van der Waals surface area contributed by atoms with E-state index in [1.807, 2.05) is 7.11 Å². The zero-order valence-electron chi connectivity index (χ0n) is 20.4. The van der Waals surface area contributed by atoms with Gasteiger partial charge in [0.25, 0.3) is 0 Å². The molecule has 2 aromatic carbocycles. The molecule has 3 atom stereocenters. The van der Waals surface area contributed by atoms with E-state index in [0.29, 0.717) is 31.3 Å². The Balaban J connectivity index is 1.27. The molecule has 1 heterocycles. The van der Waals surface area contributed by atoms with E-state index >= 15 is 0 Å². The van der Waals surface area contributed by atoms with Crippen LogP contribution in [-0.2, 0) is 27.8 Å². The predicted molar refractivity (Wildman–Crippen MR) is 133 cm³/mol. The SMILES string of the molecule is CO[C@@]12CCC(=O)C[C@]13CCN(CC1CC1)C2Cc1ccc(OCCCc2ccccc2)cc13. The van der Waals surface area contributed by atoms with Gasteiger partial charge in [-0.2, -0.15) is 0 Å². The van der Waals surface area contributed by atoms with Crippen molar-refractivity contribution in [3.63, 3.8) is 0 Å². The van der Waals surface area contributed by atoms with Crippen molar-refractivity contribution in [2.24, 2.45) is 5.92 Å². The molecule has 4 aliphatic rings. The van der Waals surface area contributed by atoms with Gasteiger partial charge in [-0.3, -0.25) is 9.69 Å². The Morgan fingerprint density at radius 2 is 1.94 bits per heavy atom. The number of piperidine rings is 1. The Morgan fingerprint density at radius 3 is 2.74 bits per heavy atom. The molecule has 1 aliphatic heterocycles. The summed E-state index contributed by atoms with van der Waals surface area (Å²) in [7, 11) is 1.90. The van der Waals surface area contributed by atoms with E-state index in [1.165, 1.54) is 36.1 Å². The normalized spacial score (nSPS) is 30.5. The standard InChI is InChI=1S/C30H37NO3/c1-33-30-14-13-25(32)20-29(30)15-16-31(21-23-9-10-23)28(30)18-24-11-12-26(19-27(24)29)34-17-5-8-22-6-3-2-4-7-22/h2-4,6-7,11-12,19,23,28H,5,8-10,13-18,20-21H2,1H3/t28?,29-,30+/m0/s1. The van der Waals surface area contributed by atoms with Crippen molar-refractivity contribution in [2.75, 3.05) is 26.8 Å². The molecule has 2 bridgehead atoms. The molecule has 2 saturated carbocycles. The van der Waals surface area contributed by atoms with Crippen molar-refractivity contribution in [1.82, 2.24) is 4.90 Å². The maximum Gasteiger partial charge on any atom is 0.134 e. The van der Waals surface area contributed by atoms with Gasteiger partial charge < -0.3 is 9.47 Å². The lowest BCUT2D eigenvalue weighted by atomic mass is 9.49. The lowest BCUT2D eigenvalue weighted by Gasteiger charge is -2.65. The minimum atomic E-state index is -0.271. The molecule has 0 radical (unpaired) electrons. The number of fused-ring (bicyclic) bond motifs is 1. The molecule has 3 aliphatic carbocycles. The molecule has 0 N–H and O–H groups in total. The Morgan fingerprint density at radius 1 is 1.09 bits per heavy atom. The molecule has 4 nitrogen and oxygen atoms in total. The Hall–Kier alpha value is -2.17. The Bertz CT molecular complexity index is 1050. The number of aryl methyl sites for hydroxylation is 1. The lowest BCUT2D eigenvalue weighted by Crippen LogP contribution is -2.74. The monoisotopic (exact) mass is 459 g/mol. The summed E-state index contributed by atoms with van der Waals surface area (Å²) in [4.78, 5) is 15.6. The number of nitrogens with zero attached hydrogens (tertiary/aromatic N) is 1. The lowest BCUT2D eigenvalue weighted by molar-refractivity contribution is -0.187. The maximum absolute atomic E-state index is 12.9. The summed E-state index contributed by atoms with van der Waals surface area (Å²) in [5.41, 5.74) is 3.58. The number of rotatable bonds is 8. The molecule has 180 valence electrons. The van der Waals surface area contributed by atoms with Gasteiger partial charge in [0, 0.05) is 38.0 Å². The van der Waals surface area contributed by atoms with Gasteiger partial charge in [0.1, 0.15) is 11.5 Å². The van der Waals surface area contributed by atoms with Crippen molar-refractivity contribution >= 4 is 5.78 Å². The van der Waals surface area contributed by atoms with Crippen molar-refractivity contribution < 1.29 is 14.3 Å². The van der Waals surface area contributed by atoms with Crippen molar-refractivity contribution in [1.29, 1.82) is 0 Å². The first-order valence-corrected chi connectivity index (χ1v) is 13.2. The molecule has 2 aromatic rings. The van der Waals surface area contributed by atoms with E-state index in [2.05, 4.69) is 53.4 Å². The van der Waals surface area contributed by atoms with Gasteiger partial charge in [0.2, 0.25) is 0 Å². The van der Waals surface area contributed by atoms with Crippen LogP contribution in [0.2, 0.25) is 0 Å². The van der Waals surface area contributed by atoms with E-state index in [9.17, 15) is 4.79 Å². The molecule has 1 saturated heterocycles. The smallest absolute Gasteiger partial charge is 0.134 e. The summed E-state index contributed by atoms with van der Waals surface area (Å²) >= 11 is 0. The zero-order chi connectivity index (χ0) is 23.2. The van der Waals surface area contributed by atoms with Crippen molar-refractivity contribution in [3.05, 3.63) is 65.2 Å². The molecule has 0 amide bonds. The molecule has 34 heavy (non-hydrogen) atoms. The number of hydrogen-bond donors (Lipinski definition) is 0. The molecular formula is C30H37NO3. The third kappa shape index (κ3) is 3.70. The van der Waals surface area contributed by atoms with Crippen LogP contribution in [0.3, 0.4) is 0 Å². The minimum absolute atomic E-state index is 0.223. The third-order valence-electron chi connectivity index (χ3n) is 9.17. The van der Waals surface area contributed by atoms with Gasteiger partial charge in [0.05, 0.1) is 12.2 Å². The largest absolute Gasteiger partial charge is 0.494 e. The van der Waals surface area contributed by atoms with Crippen LogP contribution in [0.4, 0.5) is 0 Å². The fourth-order valence-corrected chi connectivity index (χ4v) is 7.33. The highest BCUT2D eigenvalue weighted by Crippen LogP contribution is 2.59. The molecular weight excluding hydrogens is 422 g/mol. The molecule has 0 spiro atoms. The average Bonchev–Trinajstić information content (AvgIpc) is 3.68. The number of methoxy groups -OCH3 is 1. The highest BCUT2D eigenvalue weighted by Gasteiger charge is 2.66. The summed E-state index contributed by atoms with van der Waals surface area (Å²) in [6.45, 7) is 2.96. The van der Waals surface area contributed by atoms with E-state index in [-0.39, 0.29) is 11.0 Å². The summed E-state index contributed by atoms with van der Waals surface area (Å²) in [6.07, 6.45) is 8.87. The number of carbonyl (C=O) groups is 1. The van der Waals surface area contributed by atoms with Crippen LogP contribution in [0, 0.1) is 5.92 Å². The maximum atomic E-state index is 12.9. The molecule has 0 aromatic heterocycles. The van der Waals surface area contributed by atoms with Gasteiger partial charge in [-0.15, -0.1) is 0 Å². The molecule has 6 rings (SSSR count). The van der Waals surface area contributed by atoms with Gasteiger partial charge in [-0.05, 0) is 86.2 Å². The van der Waals surface area contributed by atoms with E-state index in [0.717, 1.165) is 50.3 Å². The molecule has 3 fully saturated rings. The molecule has 4 heteroatoms. The van der Waals surface area contributed by atoms with Gasteiger partial charge in [0.15, 0.2) is 0 Å². The fraction of sp³-hybridized carbons (Fsp3) is 0.567. The van der Waals surface area contributed by atoms with Gasteiger partial charge in [-0.1, -0.05) is 36.4 Å². The van der Waals surface area contributed by atoms with Crippen molar-refractivity contribution in [2.45, 2.75) is 74.8 Å². The number of Topliss-reactive ketones (excluding diaryl/α,β-unsaturated/α-hetero) is 1. The van der Waals surface area contributed by atoms with Crippen LogP contribution in [0.5, 0.6) is 5.75 Å². The van der Waals surface area contributed by atoms with Crippen LogP contribution in [-0.4, -0.2) is 49.1 Å². The van der Waals surface area contributed by atoms with Crippen LogP contribution in [0.25, 0.3) is 0 Å². The summed E-state index contributed by atoms with van der Waals surface area (Å²) in [6, 6.07) is 17.6. The van der Waals surface area contributed by atoms with E-state index < -0.39 is 0 Å². The highest BCUT2D eigenvalue weighted by atomic mass is 16.5. The number of benzene rings is 2. The topological polar surface area (TPSA) is 38.8 Å². The second kappa shape index (κ2) is 8.80. The zero-order valence-corrected chi connectivity index (χ0v) is 20.4. The molecule has 1 unspecified atom stereocenters. The van der Waals surface area contributed by atoms with Gasteiger partial charge >= 0.3 is 0 Å². The number of ketones is 1. The first-order valence-electron chi connectivity index (χ1n) is 13.2. The minimum Gasteiger partial charge on any atom is -0.494 e. The van der Waals surface area contributed by atoms with Crippen LogP contribution in [0.1, 0.15) is 61.6 Å². The van der Waals surface area contributed by atoms with Crippen molar-refractivity contribution in [3.8, 4) is 5.75 Å². The van der Waals surface area contributed by atoms with E-state index in [4.69, 9.17) is 9.47 Å². The Kier molecular flexibility index (Phi) is 5.77. The summed E-state index contributed by atoms with van der Waals surface area (Å²) in [5.74, 6) is 2.19. The number of likely N-dealkylation sites (tertiary alicyclic amines) is 1. The highest BCUT2D eigenvalue weighted by molar-refractivity contribution is 5.82. The average molecular weight is 460 g/mol. The summed E-state index contributed by atoms with van der Waals surface area (Å²) < 4.78 is 12.8. The number of ether oxygens (including phenoxy) is 2. The third-order valence-corrected chi connectivity index (χ3v) is 9.17. The van der Waals surface area contributed by atoms with Crippen LogP contribution < -0.4 is 4.74 Å². The van der Waals surface area contributed by atoms with Gasteiger partial charge in [-0.25, -0.2) is 0 Å². The summed E-state index contributed by atoms with van der Waals surface area (Å²) in [5, 5.41) is 0. The first-order chi connectivity index (χ1) is 16.6. The second-order valence-electron chi connectivity index (χ2n) is 11.1. The number of hydrogen-bond acceptors (Lipinski definition) is 4. The Labute approximate surface area is 203 Å². The van der Waals surface area contributed by atoms with Crippen LogP contribution >= 0.6 is 0 Å². The second-order valence-corrected chi connectivity index (χ2v) is 11.1. The fourth-order valence-electron chi connectivity index (χ4n) is 7.33. The van der Waals surface area contributed by atoms with E-state index in [1.54, 1.807) is 0 Å². The quantitative estimate of drug-likeness (QED) is 0.514.